The lowest BCUT2D eigenvalue weighted by Crippen LogP contribution is -2.57. The number of carbonyl (C=O) groups is 1. The second-order valence-corrected chi connectivity index (χ2v) is 6.38. The van der Waals surface area contributed by atoms with Gasteiger partial charge in [-0.3, -0.25) is 9.69 Å². The number of likely N-dealkylation sites (N-methyl/N-ethyl adjacent to an activating group) is 1. The Bertz CT molecular complexity index is 302. The molecule has 2 rings (SSSR count). The van der Waals surface area contributed by atoms with Crippen LogP contribution in [0.25, 0.3) is 0 Å². The van der Waals surface area contributed by atoms with Crippen molar-refractivity contribution in [3.63, 3.8) is 0 Å². The zero-order chi connectivity index (χ0) is 14.4. The number of nitrogens with one attached hydrogen (secondary N) is 1. The molecule has 0 aromatic carbocycles. The quantitative estimate of drug-likeness (QED) is 0.733. The summed E-state index contributed by atoms with van der Waals surface area (Å²) in [5, 5.41) is 3.23. The summed E-state index contributed by atoms with van der Waals surface area (Å²) < 4.78 is 0. The molecule has 0 spiro atoms. The van der Waals surface area contributed by atoms with Gasteiger partial charge in [-0.2, -0.15) is 0 Å². The van der Waals surface area contributed by atoms with Gasteiger partial charge in [-0.15, -0.1) is 0 Å². The van der Waals surface area contributed by atoms with Crippen LogP contribution in [0.3, 0.4) is 0 Å². The molecular formula is C15H30N4O. The molecule has 0 aromatic heterocycles. The summed E-state index contributed by atoms with van der Waals surface area (Å²) in [5.74, 6) is 0.180. The van der Waals surface area contributed by atoms with Crippen molar-refractivity contribution in [2.45, 2.75) is 50.6 Å². The van der Waals surface area contributed by atoms with E-state index in [1.165, 1.54) is 25.7 Å². The van der Waals surface area contributed by atoms with Gasteiger partial charge in [-0.05, 0) is 19.9 Å². The smallest absolute Gasteiger partial charge is 0.234 e. The Kier molecular flexibility index (Phi) is 6.26. The third kappa shape index (κ3) is 4.72. The first-order valence-corrected chi connectivity index (χ1v) is 8.11. The predicted octanol–water partition coefficient (Wildman–Crippen LogP) is 0.400. The number of piperazine rings is 1. The van der Waals surface area contributed by atoms with Crippen LogP contribution in [0.4, 0.5) is 0 Å². The second kappa shape index (κ2) is 7.96. The fourth-order valence-electron chi connectivity index (χ4n) is 3.36. The number of carbonyl (C=O) groups excluding carboxylic acids is 1. The Morgan fingerprint density at radius 1 is 1.20 bits per heavy atom. The molecule has 1 unspecified atom stereocenters. The van der Waals surface area contributed by atoms with E-state index in [1.807, 2.05) is 0 Å². The number of hydrogen-bond acceptors (Lipinski definition) is 4. The maximum absolute atomic E-state index is 12.2. The van der Waals surface area contributed by atoms with Gasteiger partial charge in [0.15, 0.2) is 0 Å². The second-order valence-electron chi connectivity index (χ2n) is 6.38. The summed E-state index contributed by atoms with van der Waals surface area (Å²) in [7, 11) is 2.12. The van der Waals surface area contributed by atoms with Crippen LogP contribution >= 0.6 is 0 Å². The minimum Gasteiger partial charge on any atom is -0.352 e. The van der Waals surface area contributed by atoms with Gasteiger partial charge >= 0.3 is 0 Å². The van der Waals surface area contributed by atoms with Gasteiger partial charge in [0.05, 0.1) is 6.54 Å². The number of nitrogens with two attached hydrogens (primary N) is 1. The Morgan fingerprint density at radius 2 is 1.90 bits per heavy atom. The highest BCUT2D eigenvalue weighted by Gasteiger charge is 2.26. The lowest BCUT2D eigenvalue weighted by Gasteiger charge is -2.39. The number of nitrogens with zero attached hydrogens (tertiary/aromatic N) is 2. The molecule has 20 heavy (non-hydrogen) atoms. The van der Waals surface area contributed by atoms with Gasteiger partial charge in [0.1, 0.15) is 0 Å². The molecule has 0 aromatic rings. The van der Waals surface area contributed by atoms with Crippen LogP contribution in [0, 0.1) is 0 Å². The molecule has 116 valence electrons. The van der Waals surface area contributed by atoms with Crippen molar-refractivity contribution in [1.29, 1.82) is 0 Å². The van der Waals surface area contributed by atoms with Gasteiger partial charge < -0.3 is 16.0 Å². The van der Waals surface area contributed by atoms with E-state index in [4.69, 9.17) is 5.73 Å². The highest BCUT2D eigenvalue weighted by molar-refractivity contribution is 5.78. The topological polar surface area (TPSA) is 61.6 Å². The van der Waals surface area contributed by atoms with Crippen molar-refractivity contribution in [3.8, 4) is 0 Å². The van der Waals surface area contributed by atoms with Crippen molar-refractivity contribution in [2.24, 2.45) is 5.73 Å². The van der Waals surface area contributed by atoms with Crippen LogP contribution in [-0.2, 0) is 4.79 Å². The van der Waals surface area contributed by atoms with E-state index in [0.717, 1.165) is 32.5 Å². The van der Waals surface area contributed by atoms with Gasteiger partial charge in [0.2, 0.25) is 5.91 Å². The SMILES string of the molecule is CN1CCN(CC(=O)NC2CCCCCC2)C(CN)C1. The maximum atomic E-state index is 12.2. The summed E-state index contributed by atoms with van der Waals surface area (Å²) in [6.45, 7) is 4.06. The minimum atomic E-state index is 0.180. The Hall–Kier alpha value is -0.650. The molecule has 1 aliphatic carbocycles. The first kappa shape index (κ1) is 15.7. The van der Waals surface area contributed by atoms with Crippen molar-refractivity contribution in [1.82, 2.24) is 15.1 Å². The first-order valence-electron chi connectivity index (χ1n) is 8.11. The molecule has 5 nitrogen and oxygen atoms in total. The van der Waals surface area contributed by atoms with Crippen LogP contribution in [-0.4, -0.2) is 67.6 Å². The van der Waals surface area contributed by atoms with Crippen LogP contribution in [0.5, 0.6) is 0 Å². The molecule has 1 atom stereocenters. The highest BCUT2D eigenvalue weighted by atomic mass is 16.2. The molecule has 0 radical (unpaired) electrons. The maximum Gasteiger partial charge on any atom is 0.234 e. The third-order valence-electron chi connectivity index (χ3n) is 4.65. The van der Waals surface area contributed by atoms with Crippen LogP contribution in [0.2, 0.25) is 0 Å². The molecule has 2 fully saturated rings. The summed E-state index contributed by atoms with van der Waals surface area (Å²) in [6, 6.07) is 0.711. The van der Waals surface area contributed by atoms with Crippen molar-refractivity contribution < 1.29 is 4.79 Å². The van der Waals surface area contributed by atoms with E-state index in [0.29, 0.717) is 25.2 Å². The molecule has 1 aliphatic heterocycles. The first-order chi connectivity index (χ1) is 9.69. The molecule has 1 amide bonds. The zero-order valence-corrected chi connectivity index (χ0v) is 12.8. The highest BCUT2D eigenvalue weighted by Crippen LogP contribution is 2.17. The monoisotopic (exact) mass is 282 g/mol. The van der Waals surface area contributed by atoms with E-state index < -0.39 is 0 Å². The average Bonchev–Trinajstić information content (AvgIpc) is 2.69. The van der Waals surface area contributed by atoms with Crippen LogP contribution < -0.4 is 11.1 Å². The van der Waals surface area contributed by atoms with E-state index in [1.54, 1.807) is 0 Å². The molecule has 2 aliphatic rings. The number of amides is 1. The van der Waals surface area contributed by atoms with E-state index in [2.05, 4.69) is 22.2 Å². The summed E-state index contributed by atoms with van der Waals surface area (Å²) in [6.07, 6.45) is 7.44. The van der Waals surface area contributed by atoms with Crippen molar-refractivity contribution in [2.75, 3.05) is 39.8 Å². The molecule has 5 heteroatoms. The largest absolute Gasteiger partial charge is 0.352 e. The molecule has 0 bridgehead atoms. The minimum absolute atomic E-state index is 0.180. The van der Waals surface area contributed by atoms with Gasteiger partial charge in [-0.1, -0.05) is 25.7 Å². The Morgan fingerprint density at radius 3 is 2.55 bits per heavy atom. The van der Waals surface area contributed by atoms with Crippen LogP contribution in [0.15, 0.2) is 0 Å². The van der Waals surface area contributed by atoms with E-state index >= 15 is 0 Å². The lowest BCUT2D eigenvalue weighted by molar-refractivity contribution is -0.124. The van der Waals surface area contributed by atoms with E-state index in [-0.39, 0.29) is 5.91 Å². The molecule has 1 saturated carbocycles. The summed E-state index contributed by atoms with van der Waals surface area (Å²) >= 11 is 0. The molecular weight excluding hydrogens is 252 g/mol. The third-order valence-corrected chi connectivity index (χ3v) is 4.65. The van der Waals surface area contributed by atoms with Gasteiger partial charge in [0.25, 0.3) is 0 Å². The van der Waals surface area contributed by atoms with Gasteiger partial charge in [0, 0.05) is 38.3 Å². The molecule has 1 saturated heterocycles. The molecule has 3 N–H and O–H groups in total. The zero-order valence-electron chi connectivity index (χ0n) is 12.8. The number of rotatable bonds is 4. The van der Waals surface area contributed by atoms with Crippen molar-refractivity contribution >= 4 is 5.91 Å². The van der Waals surface area contributed by atoms with Crippen molar-refractivity contribution in [3.05, 3.63) is 0 Å². The Labute approximate surface area is 122 Å². The fourth-order valence-corrected chi connectivity index (χ4v) is 3.36. The predicted molar refractivity (Wildman–Crippen MR) is 81.5 cm³/mol. The van der Waals surface area contributed by atoms with E-state index in [9.17, 15) is 4.79 Å². The van der Waals surface area contributed by atoms with Gasteiger partial charge in [-0.25, -0.2) is 0 Å². The molecule has 1 heterocycles. The number of hydrogen-bond donors (Lipinski definition) is 2. The Balaban J connectivity index is 1.77. The lowest BCUT2D eigenvalue weighted by atomic mass is 10.1. The standard InChI is InChI=1S/C15H30N4O/c1-18-8-9-19(14(10-16)11-18)12-15(20)17-13-6-4-2-3-5-7-13/h13-14H,2-12,16H2,1H3,(H,17,20). The summed E-state index contributed by atoms with van der Waals surface area (Å²) in [5.41, 5.74) is 5.84. The fraction of sp³-hybridized carbons (Fsp3) is 0.933. The average molecular weight is 282 g/mol. The normalized spacial score (nSPS) is 27.2. The van der Waals surface area contributed by atoms with Crippen LogP contribution in [0.1, 0.15) is 38.5 Å². The summed E-state index contributed by atoms with van der Waals surface area (Å²) in [4.78, 5) is 16.8.